The average Bonchev–Trinajstić information content (AvgIpc) is 3.36. The van der Waals surface area contributed by atoms with Gasteiger partial charge in [-0.1, -0.05) is 280 Å². The van der Waals surface area contributed by atoms with Crippen LogP contribution >= 0.6 is 0 Å². The second-order valence-electron chi connectivity index (χ2n) is 19.9. The summed E-state index contributed by atoms with van der Waals surface area (Å²) in [5.74, 6) is -0.882. The van der Waals surface area contributed by atoms with Crippen molar-refractivity contribution >= 4 is 17.9 Å². The van der Waals surface area contributed by atoms with Crippen molar-refractivity contribution in [3.05, 3.63) is 72.9 Å². The van der Waals surface area contributed by atoms with Crippen LogP contribution in [0, 0.1) is 0 Å². The maximum Gasteiger partial charge on any atom is 0.306 e. The van der Waals surface area contributed by atoms with Gasteiger partial charge in [0, 0.05) is 19.3 Å². The molecule has 1 unspecified atom stereocenters. The van der Waals surface area contributed by atoms with Crippen LogP contribution in [0.4, 0.5) is 0 Å². The van der Waals surface area contributed by atoms with Crippen molar-refractivity contribution in [1.29, 1.82) is 0 Å². The fourth-order valence-electron chi connectivity index (χ4n) is 8.51. The number of rotatable bonds is 54. The van der Waals surface area contributed by atoms with Gasteiger partial charge in [-0.15, -0.1) is 0 Å². The highest BCUT2D eigenvalue weighted by atomic mass is 16.6. The summed E-state index contributed by atoms with van der Waals surface area (Å²) in [4.78, 5) is 37.9. The van der Waals surface area contributed by atoms with E-state index < -0.39 is 6.10 Å². The Balaban J connectivity index is 4.13. The van der Waals surface area contributed by atoms with Crippen LogP contribution in [0.5, 0.6) is 0 Å². The second kappa shape index (κ2) is 58.4. The van der Waals surface area contributed by atoms with Crippen molar-refractivity contribution < 1.29 is 28.6 Å². The summed E-state index contributed by atoms with van der Waals surface area (Å²) >= 11 is 0. The molecule has 0 fully saturated rings. The second-order valence-corrected chi connectivity index (χ2v) is 19.9. The summed E-state index contributed by atoms with van der Waals surface area (Å²) in [5.41, 5.74) is 0. The first-order valence-electron chi connectivity index (χ1n) is 29.9. The van der Waals surface area contributed by atoms with Gasteiger partial charge in [0.1, 0.15) is 13.2 Å². The topological polar surface area (TPSA) is 78.9 Å². The van der Waals surface area contributed by atoms with E-state index in [1.54, 1.807) is 0 Å². The lowest BCUT2D eigenvalue weighted by Crippen LogP contribution is -2.30. The smallest absolute Gasteiger partial charge is 0.306 e. The van der Waals surface area contributed by atoms with E-state index in [4.69, 9.17) is 14.2 Å². The van der Waals surface area contributed by atoms with Gasteiger partial charge in [-0.25, -0.2) is 0 Å². The minimum Gasteiger partial charge on any atom is -0.462 e. The molecule has 0 aromatic rings. The van der Waals surface area contributed by atoms with E-state index in [2.05, 4.69) is 93.7 Å². The van der Waals surface area contributed by atoms with Crippen molar-refractivity contribution in [1.82, 2.24) is 0 Å². The molecule has 0 bridgehead atoms. The Kier molecular flexibility index (Phi) is 55.8. The van der Waals surface area contributed by atoms with Gasteiger partial charge < -0.3 is 14.2 Å². The highest BCUT2D eigenvalue weighted by Crippen LogP contribution is 2.17. The van der Waals surface area contributed by atoms with Crippen molar-refractivity contribution in [2.75, 3.05) is 13.2 Å². The zero-order valence-corrected chi connectivity index (χ0v) is 46.3. The summed E-state index contributed by atoms with van der Waals surface area (Å²) in [7, 11) is 0. The first-order valence-corrected chi connectivity index (χ1v) is 29.9. The largest absolute Gasteiger partial charge is 0.462 e. The molecule has 0 heterocycles. The maximum atomic E-state index is 12.8. The molecule has 0 aliphatic carbocycles. The van der Waals surface area contributed by atoms with E-state index in [9.17, 15) is 14.4 Å². The molecule has 0 saturated heterocycles. The van der Waals surface area contributed by atoms with Crippen LogP contribution in [0.25, 0.3) is 0 Å². The van der Waals surface area contributed by atoms with Gasteiger partial charge in [0.2, 0.25) is 0 Å². The number of carbonyl (C=O) groups excluding carboxylic acids is 3. The summed E-state index contributed by atoms with van der Waals surface area (Å²) < 4.78 is 16.8. The first kappa shape index (κ1) is 66.9. The van der Waals surface area contributed by atoms with Gasteiger partial charge in [0.05, 0.1) is 0 Å². The molecule has 1 atom stereocenters. The molecular weight excluding hydrogens is 865 g/mol. The molecule has 0 radical (unpaired) electrons. The van der Waals surface area contributed by atoms with Gasteiger partial charge in [0.15, 0.2) is 6.10 Å². The number of carbonyl (C=O) groups is 3. The summed E-state index contributed by atoms with van der Waals surface area (Å²) in [6.45, 7) is 6.49. The fourth-order valence-corrected chi connectivity index (χ4v) is 8.51. The third-order valence-electron chi connectivity index (χ3n) is 13.0. The van der Waals surface area contributed by atoms with Crippen molar-refractivity contribution in [2.24, 2.45) is 0 Å². The Morgan fingerprint density at radius 2 is 0.557 bits per heavy atom. The van der Waals surface area contributed by atoms with Crippen LogP contribution in [0.2, 0.25) is 0 Å². The van der Waals surface area contributed by atoms with Gasteiger partial charge in [-0.05, 0) is 70.6 Å². The molecule has 0 rings (SSSR count). The van der Waals surface area contributed by atoms with Crippen LogP contribution in [-0.4, -0.2) is 37.2 Å². The Morgan fingerprint density at radius 1 is 0.300 bits per heavy atom. The predicted octanol–water partition coefficient (Wildman–Crippen LogP) is 20.2. The summed E-state index contributed by atoms with van der Waals surface area (Å²) in [6.07, 6.45) is 75.0. The van der Waals surface area contributed by atoms with Crippen molar-refractivity contribution in [2.45, 2.75) is 303 Å². The lowest BCUT2D eigenvalue weighted by Gasteiger charge is -2.18. The Hall–Kier alpha value is -3.15. The number of allylic oxidation sites excluding steroid dienone is 12. The zero-order chi connectivity index (χ0) is 50.7. The Bertz CT molecular complexity index is 1310. The van der Waals surface area contributed by atoms with Gasteiger partial charge in [-0.3, -0.25) is 14.4 Å². The van der Waals surface area contributed by atoms with Gasteiger partial charge in [-0.2, -0.15) is 0 Å². The molecule has 0 N–H and O–H groups in total. The quantitative estimate of drug-likeness (QED) is 0.0261. The standard InChI is InChI=1S/C64H112O6/c1-4-7-10-13-16-18-20-22-24-26-28-29-30-31-32-33-34-35-37-38-40-42-44-46-48-51-54-57-63(66)69-60-61(59-68-62(65)56-53-50-15-12-9-6-3)70-64(67)58-55-52-49-47-45-43-41-39-36-27-25-23-21-19-17-14-11-8-5-2/h7,10,16,18,22,24,28-29,31-32,34-35,61H,4-6,8-9,11-15,17,19-21,23,25-27,30,33,36-60H2,1-3H3/b10-7-,18-16-,24-22-,29-28-,32-31-,35-34-. The minimum atomic E-state index is -0.773. The minimum absolute atomic E-state index is 0.0751. The zero-order valence-electron chi connectivity index (χ0n) is 46.3. The first-order chi connectivity index (χ1) is 34.5. The molecule has 404 valence electrons. The van der Waals surface area contributed by atoms with Crippen molar-refractivity contribution in [3.63, 3.8) is 0 Å². The SMILES string of the molecule is CC/C=C\C/C=C\C/C=C\C/C=C\C/C=C\C/C=C\CCCCCCCCCCC(=O)OCC(COC(=O)CCCCCCCC)OC(=O)CCCCCCCCCCCCCCCCCCCCC. The van der Waals surface area contributed by atoms with E-state index in [1.165, 1.54) is 154 Å². The number of hydrogen-bond donors (Lipinski definition) is 0. The van der Waals surface area contributed by atoms with Gasteiger partial charge >= 0.3 is 17.9 Å². The average molecular weight is 978 g/mol. The maximum absolute atomic E-state index is 12.8. The third-order valence-corrected chi connectivity index (χ3v) is 13.0. The Labute approximate surface area is 433 Å². The summed E-state index contributed by atoms with van der Waals surface area (Å²) in [6, 6.07) is 0. The molecule has 0 aromatic heterocycles. The molecule has 0 amide bonds. The van der Waals surface area contributed by atoms with E-state index in [-0.39, 0.29) is 31.1 Å². The molecule has 0 aromatic carbocycles. The molecule has 0 spiro atoms. The van der Waals surface area contributed by atoms with Crippen LogP contribution in [0.3, 0.4) is 0 Å². The number of ether oxygens (including phenoxy) is 3. The van der Waals surface area contributed by atoms with E-state index in [0.717, 1.165) is 103 Å². The van der Waals surface area contributed by atoms with Crippen molar-refractivity contribution in [3.8, 4) is 0 Å². The lowest BCUT2D eigenvalue weighted by atomic mass is 10.0. The molecule has 0 aliphatic heterocycles. The van der Waals surface area contributed by atoms with Gasteiger partial charge in [0.25, 0.3) is 0 Å². The highest BCUT2D eigenvalue weighted by molar-refractivity contribution is 5.71. The van der Waals surface area contributed by atoms with Crippen LogP contribution in [-0.2, 0) is 28.6 Å². The van der Waals surface area contributed by atoms with Crippen LogP contribution in [0.15, 0.2) is 72.9 Å². The molecule has 0 saturated carbocycles. The molecule has 0 aliphatic rings. The van der Waals surface area contributed by atoms with E-state index in [0.29, 0.717) is 19.3 Å². The fraction of sp³-hybridized carbons (Fsp3) is 0.766. The Morgan fingerprint density at radius 3 is 0.871 bits per heavy atom. The summed E-state index contributed by atoms with van der Waals surface area (Å²) in [5, 5.41) is 0. The lowest BCUT2D eigenvalue weighted by molar-refractivity contribution is -0.167. The molecular formula is C64H112O6. The van der Waals surface area contributed by atoms with E-state index in [1.807, 2.05) is 0 Å². The normalized spacial score (nSPS) is 12.6. The molecule has 70 heavy (non-hydrogen) atoms. The third kappa shape index (κ3) is 55.8. The van der Waals surface area contributed by atoms with E-state index >= 15 is 0 Å². The molecule has 6 heteroatoms. The number of esters is 3. The molecule has 6 nitrogen and oxygen atoms in total. The monoisotopic (exact) mass is 977 g/mol. The van der Waals surface area contributed by atoms with Crippen LogP contribution < -0.4 is 0 Å². The highest BCUT2D eigenvalue weighted by Gasteiger charge is 2.19. The predicted molar refractivity (Wildman–Crippen MR) is 302 cm³/mol. The van der Waals surface area contributed by atoms with Crippen LogP contribution in [0.1, 0.15) is 297 Å². The number of hydrogen-bond acceptors (Lipinski definition) is 6. The number of unbranched alkanes of at least 4 members (excludes halogenated alkanes) is 31.